The number of ketones is 1. The first-order valence-electron chi connectivity index (χ1n) is 7.66. The minimum atomic E-state index is -0.361. The van der Waals surface area contributed by atoms with Crippen molar-refractivity contribution in [1.29, 1.82) is 0 Å². The molecule has 25 heavy (non-hydrogen) atoms. The number of nitrogens with one attached hydrogen (secondary N) is 2. The SMILES string of the molecule is CC(=O)c1ccc(C#CCNC(=O)Nc2ccc3c(c2)OCO3)cc1. The van der Waals surface area contributed by atoms with Gasteiger partial charge >= 0.3 is 6.03 Å². The lowest BCUT2D eigenvalue weighted by Crippen LogP contribution is -2.28. The van der Waals surface area contributed by atoms with Gasteiger partial charge in [-0.2, -0.15) is 0 Å². The van der Waals surface area contributed by atoms with E-state index in [0.29, 0.717) is 22.7 Å². The van der Waals surface area contributed by atoms with E-state index in [2.05, 4.69) is 22.5 Å². The van der Waals surface area contributed by atoms with Gasteiger partial charge in [-0.3, -0.25) is 4.79 Å². The molecule has 2 aromatic carbocycles. The molecule has 0 aliphatic carbocycles. The number of fused-ring (bicyclic) bond motifs is 1. The molecule has 0 saturated heterocycles. The van der Waals surface area contributed by atoms with Crippen molar-refractivity contribution in [3.63, 3.8) is 0 Å². The molecule has 2 aromatic rings. The van der Waals surface area contributed by atoms with E-state index in [1.165, 1.54) is 6.92 Å². The van der Waals surface area contributed by atoms with Gasteiger partial charge in [0, 0.05) is 22.9 Å². The molecular weight excluding hydrogens is 320 g/mol. The van der Waals surface area contributed by atoms with Crippen LogP contribution in [0.1, 0.15) is 22.8 Å². The molecule has 1 aliphatic rings. The van der Waals surface area contributed by atoms with Gasteiger partial charge in [-0.05, 0) is 31.2 Å². The Balaban J connectivity index is 1.49. The zero-order valence-corrected chi connectivity index (χ0v) is 13.6. The summed E-state index contributed by atoms with van der Waals surface area (Å²) in [4.78, 5) is 23.0. The molecule has 0 aromatic heterocycles. The maximum Gasteiger partial charge on any atom is 0.319 e. The van der Waals surface area contributed by atoms with Gasteiger partial charge in [-0.1, -0.05) is 24.0 Å². The molecule has 0 fully saturated rings. The van der Waals surface area contributed by atoms with Crippen molar-refractivity contribution in [2.75, 3.05) is 18.7 Å². The first-order chi connectivity index (χ1) is 12.1. The smallest absolute Gasteiger partial charge is 0.319 e. The van der Waals surface area contributed by atoms with Crippen LogP contribution in [0.3, 0.4) is 0 Å². The highest BCUT2D eigenvalue weighted by Crippen LogP contribution is 2.34. The molecule has 6 nitrogen and oxygen atoms in total. The number of rotatable bonds is 3. The van der Waals surface area contributed by atoms with Gasteiger partial charge in [0.25, 0.3) is 0 Å². The fraction of sp³-hybridized carbons (Fsp3) is 0.158. The first kappa shape index (κ1) is 16.4. The van der Waals surface area contributed by atoms with Gasteiger partial charge in [-0.15, -0.1) is 0 Å². The van der Waals surface area contributed by atoms with Gasteiger partial charge in [-0.25, -0.2) is 4.79 Å². The highest BCUT2D eigenvalue weighted by atomic mass is 16.7. The van der Waals surface area contributed by atoms with Crippen molar-refractivity contribution < 1.29 is 19.1 Å². The van der Waals surface area contributed by atoms with Crippen LogP contribution >= 0.6 is 0 Å². The number of carbonyl (C=O) groups is 2. The minimum absolute atomic E-state index is 0.0152. The van der Waals surface area contributed by atoms with Crippen LogP contribution in [0.25, 0.3) is 0 Å². The predicted octanol–water partition coefficient (Wildman–Crippen LogP) is 2.79. The molecule has 0 saturated carbocycles. The van der Waals surface area contributed by atoms with Crippen molar-refractivity contribution >= 4 is 17.5 Å². The van der Waals surface area contributed by atoms with Crippen LogP contribution in [0, 0.1) is 11.8 Å². The van der Waals surface area contributed by atoms with Gasteiger partial charge < -0.3 is 20.1 Å². The van der Waals surface area contributed by atoms with E-state index < -0.39 is 0 Å². The summed E-state index contributed by atoms with van der Waals surface area (Å²) in [6.45, 7) is 1.90. The standard InChI is InChI=1S/C19H16N2O4/c1-13(22)15-6-4-14(5-7-15)3-2-10-20-19(23)21-16-8-9-17-18(11-16)25-12-24-17/h4-9,11H,10,12H2,1H3,(H2,20,21,23). The number of carbonyl (C=O) groups excluding carboxylic acids is 2. The lowest BCUT2D eigenvalue weighted by molar-refractivity contribution is 0.101. The zero-order chi connectivity index (χ0) is 17.6. The number of amides is 2. The number of hydrogen-bond donors (Lipinski definition) is 2. The molecule has 1 heterocycles. The lowest BCUT2D eigenvalue weighted by Gasteiger charge is -2.06. The van der Waals surface area contributed by atoms with Crippen LogP contribution < -0.4 is 20.1 Å². The van der Waals surface area contributed by atoms with E-state index in [1.54, 1.807) is 42.5 Å². The van der Waals surface area contributed by atoms with Crippen molar-refractivity contribution in [3.8, 4) is 23.3 Å². The summed E-state index contributed by atoms with van der Waals surface area (Å²) in [6, 6.07) is 11.8. The number of hydrogen-bond acceptors (Lipinski definition) is 4. The third-order valence-electron chi connectivity index (χ3n) is 3.49. The van der Waals surface area contributed by atoms with E-state index in [9.17, 15) is 9.59 Å². The molecular formula is C19H16N2O4. The Labute approximate surface area is 145 Å². The molecule has 0 atom stereocenters. The van der Waals surface area contributed by atoms with Crippen molar-refractivity contribution in [2.45, 2.75) is 6.92 Å². The largest absolute Gasteiger partial charge is 0.454 e. The highest BCUT2D eigenvalue weighted by molar-refractivity contribution is 5.94. The molecule has 0 spiro atoms. The van der Waals surface area contributed by atoms with Crippen molar-refractivity contribution in [1.82, 2.24) is 5.32 Å². The number of anilines is 1. The van der Waals surface area contributed by atoms with Crippen LogP contribution in [-0.2, 0) is 0 Å². The molecule has 1 aliphatic heterocycles. The van der Waals surface area contributed by atoms with E-state index in [1.807, 2.05) is 0 Å². The van der Waals surface area contributed by atoms with Crippen molar-refractivity contribution in [3.05, 3.63) is 53.6 Å². The van der Waals surface area contributed by atoms with Gasteiger partial charge in [0.1, 0.15) is 0 Å². The van der Waals surface area contributed by atoms with Crippen LogP contribution in [0.5, 0.6) is 11.5 Å². The summed E-state index contributed by atoms with van der Waals surface area (Å²) in [7, 11) is 0. The number of Topliss-reactive ketones (excluding diaryl/α,β-unsaturated/α-hetero) is 1. The lowest BCUT2D eigenvalue weighted by atomic mass is 10.1. The summed E-state index contributed by atoms with van der Waals surface area (Å²) in [5, 5.41) is 5.35. The second kappa shape index (κ2) is 7.41. The Kier molecular flexibility index (Phi) is 4.86. The summed E-state index contributed by atoms with van der Waals surface area (Å²) in [6.07, 6.45) is 0. The van der Waals surface area contributed by atoms with Crippen molar-refractivity contribution in [2.24, 2.45) is 0 Å². The normalized spacial score (nSPS) is 11.2. The summed E-state index contributed by atoms with van der Waals surface area (Å²) in [5.41, 5.74) is 2.03. The third kappa shape index (κ3) is 4.30. The van der Waals surface area contributed by atoms with Crippen LogP contribution in [-0.4, -0.2) is 25.2 Å². The average molecular weight is 336 g/mol. The Hall–Kier alpha value is -3.46. The predicted molar refractivity (Wildman–Crippen MR) is 92.9 cm³/mol. The van der Waals surface area contributed by atoms with Crippen LogP contribution in [0.4, 0.5) is 10.5 Å². The second-order valence-electron chi connectivity index (χ2n) is 5.31. The van der Waals surface area contributed by atoms with E-state index in [0.717, 1.165) is 5.56 Å². The minimum Gasteiger partial charge on any atom is -0.454 e. The molecule has 3 rings (SSSR count). The first-order valence-corrected chi connectivity index (χ1v) is 7.66. The second-order valence-corrected chi connectivity index (χ2v) is 5.31. The molecule has 0 bridgehead atoms. The number of benzene rings is 2. The van der Waals surface area contributed by atoms with Gasteiger partial charge in [0.15, 0.2) is 17.3 Å². The molecule has 2 N–H and O–H groups in total. The molecule has 126 valence electrons. The average Bonchev–Trinajstić information content (AvgIpc) is 3.07. The zero-order valence-electron chi connectivity index (χ0n) is 13.6. The molecule has 0 unspecified atom stereocenters. The van der Waals surface area contributed by atoms with E-state index >= 15 is 0 Å². The Bertz CT molecular complexity index is 863. The Morgan fingerprint density at radius 1 is 1.08 bits per heavy atom. The number of ether oxygens (including phenoxy) is 2. The fourth-order valence-corrected chi connectivity index (χ4v) is 2.21. The number of urea groups is 1. The maximum absolute atomic E-state index is 11.8. The topological polar surface area (TPSA) is 76.7 Å². The molecule has 2 amide bonds. The monoisotopic (exact) mass is 336 g/mol. The quantitative estimate of drug-likeness (QED) is 0.667. The highest BCUT2D eigenvalue weighted by Gasteiger charge is 2.13. The third-order valence-corrected chi connectivity index (χ3v) is 3.49. The maximum atomic E-state index is 11.8. The fourth-order valence-electron chi connectivity index (χ4n) is 2.21. The van der Waals surface area contributed by atoms with Crippen LogP contribution in [0.2, 0.25) is 0 Å². The molecule has 6 heteroatoms. The summed E-state index contributed by atoms with van der Waals surface area (Å²) >= 11 is 0. The Morgan fingerprint density at radius 3 is 2.60 bits per heavy atom. The summed E-state index contributed by atoms with van der Waals surface area (Å²) in [5.74, 6) is 7.06. The summed E-state index contributed by atoms with van der Waals surface area (Å²) < 4.78 is 10.5. The van der Waals surface area contributed by atoms with E-state index in [4.69, 9.17) is 9.47 Å². The van der Waals surface area contributed by atoms with E-state index in [-0.39, 0.29) is 25.2 Å². The van der Waals surface area contributed by atoms with Crippen LogP contribution in [0.15, 0.2) is 42.5 Å². The Morgan fingerprint density at radius 2 is 1.84 bits per heavy atom. The van der Waals surface area contributed by atoms with Gasteiger partial charge in [0.2, 0.25) is 6.79 Å². The molecule has 0 radical (unpaired) electrons. The van der Waals surface area contributed by atoms with Gasteiger partial charge in [0.05, 0.1) is 6.54 Å².